The fourth-order valence-corrected chi connectivity index (χ4v) is 3.96. The van der Waals surface area contributed by atoms with Crippen molar-refractivity contribution in [2.24, 2.45) is 0 Å². The number of rotatable bonds is 6. The molecule has 4 rings (SSSR count). The van der Waals surface area contributed by atoms with E-state index in [0.717, 1.165) is 17.8 Å². The van der Waals surface area contributed by atoms with Gasteiger partial charge in [-0.2, -0.15) is 0 Å². The molecule has 0 saturated carbocycles. The molecule has 6 nitrogen and oxygen atoms in total. The van der Waals surface area contributed by atoms with Crippen LogP contribution in [0.3, 0.4) is 0 Å². The molecule has 0 aliphatic carbocycles. The van der Waals surface area contributed by atoms with Crippen molar-refractivity contribution in [3.63, 3.8) is 0 Å². The normalized spacial score (nSPS) is 17.1. The zero-order chi connectivity index (χ0) is 19.2. The molecule has 1 saturated heterocycles. The highest BCUT2D eigenvalue weighted by Gasteiger charge is 2.13. The average Bonchev–Trinajstić information content (AvgIpc) is 3.37. The van der Waals surface area contributed by atoms with Crippen LogP contribution in [0.5, 0.6) is 0 Å². The van der Waals surface area contributed by atoms with E-state index in [1.54, 1.807) is 12.4 Å². The van der Waals surface area contributed by atoms with Crippen LogP contribution in [0.2, 0.25) is 0 Å². The zero-order valence-corrected chi connectivity index (χ0v) is 16.4. The van der Waals surface area contributed by atoms with Crippen molar-refractivity contribution < 1.29 is 4.79 Å². The molecule has 0 bridgehead atoms. The fraction of sp³-hybridized carbons (Fsp3) is 0.286. The number of nitrogens with zero attached hydrogens (tertiary/aromatic N) is 3. The summed E-state index contributed by atoms with van der Waals surface area (Å²) >= 11 is 1.44. The number of thiazole rings is 1. The van der Waals surface area contributed by atoms with Gasteiger partial charge in [-0.1, -0.05) is 12.5 Å². The van der Waals surface area contributed by atoms with Crippen LogP contribution in [-0.4, -0.2) is 33.0 Å². The van der Waals surface area contributed by atoms with E-state index >= 15 is 0 Å². The van der Waals surface area contributed by atoms with Crippen LogP contribution in [0, 0.1) is 0 Å². The Balaban J connectivity index is 1.39. The smallest absolute Gasteiger partial charge is 0.274 e. The minimum atomic E-state index is -0.155. The van der Waals surface area contributed by atoms with Crippen LogP contribution >= 0.6 is 11.3 Å². The maximum absolute atomic E-state index is 12.7. The van der Waals surface area contributed by atoms with Crippen molar-refractivity contribution in [1.29, 1.82) is 0 Å². The van der Waals surface area contributed by atoms with Gasteiger partial charge in [-0.15, -0.1) is 11.3 Å². The van der Waals surface area contributed by atoms with E-state index in [1.165, 1.54) is 30.6 Å². The highest BCUT2D eigenvalue weighted by atomic mass is 32.1. The molecule has 1 fully saturated rings. The third-order valence-electron chi connectivity index (χ3n) is 4.75. The van der Waals surface area contributed by atoms with Gasteiger partial charge in [-0.05, 0) is 55.3 Å². The van der Waals surface area contributed by atoms with Crippen LogP contribution in [0.4, 0.5) is 5.13 Å². The summed E-state index contributed by atoms with van der Waals surface area (Å²) in [5.74, 6) is -0.155. The highest BCUT2D eigenvalue weighted by Crippen LogP contribution is 2.19. The molecule has 3 aromatic rings. The first-order valence-electron chi connectivity index (χ1n) is 9.50. The van der Waals surface area contributed by atoms with Gasteiger partial charge in [-0.25, -0.2) is 4.98 Å². The minimum absolute atomic E-state index is 0.155. The number of aromatic nitrogens is 3. The topological polar surface area (TPSA) is 71.8 Å². The van der Waals surface area contributed by atoms with Gasteiger partial charge in [0.1, 0.15) is 5.69 Å². The Morgan fingerprint density at radius 1 is 1.32 bits per heavy atom. The Morgan fingerprint density at radius 2 is 2.21 bits per heavy atom. The summed E-state index contributed by atoms with van der Waals surface area (Å²) in [6, 6.07) is 8.01. The molecule has 28 heavy (non-hydrogen) atoms. The van der Waals surface area contributed by atoms with Gasteiger partial charge in [0.05, 0.1) is 5.69 Å². The van der Waals surface area contributed by atoms with Crippen LogP contribution < -0.4 is 10.6 Å². The summed E-state index contributed by atoms with van der Waals surface area (Å²) in [5.41, 5.74) is 2.58. The highest BCUT2D eigenvalue weighted by molar-refractivity contribution is 7.14. The molecule has 144 valence electrons. The Morgan fingerprint density at radius 3 is 3.04 bits per heavy atom. The molecule has 1 atom stereocenters. The van der Waals surface area contributed by atoms with Gasteiger partial charge in [0, 0.05) is 36.6 Å². The van der Waals surface area contributed by atoms with Crippen LogP contribution in [-0.2, 0) is 6.54 Å². The molecule has 1 amide bonds. The van der Waals surface area contributed by atoms with Crippen molar-refractivity contribution in [3.05, 3.63) is 71.3 Å². The van der Waals surface area contributed by atoms with E-state index in [4.69, 9.17) is 0 Å². The molecule has 2 N–H and O–H groups in total. The number of carbonyl (C=O) groups is 1. The largest absolute Gasteiger partial charge is 0.339 e. The Bertz CT molecular complexity index is 941. The van der Waals surface area contributed by atoms with Crippen molar-refractivity contribution in [3.8, 4) is 0 Å². The van der Waals surface area contributed by atoms with Crippen molar-refractivity contribution in [1.82, 2.24) is 19.9 Å². The number of hydrogen-bond acceptors (Lipinski definition) is 5. The molecular formula is C21H23N5OS. The Labute approximate surface area is 168 Å². The third-order valence-corrected chi connectivity index (χ3v) is 5.53. The van der Waals surface area contributed by atoms with Crippen molar-refractivity contribution in [2.45, 2.75) is 31.8 Å². The average molecular weight is 394 g/mol. The van der Waals surface area contributed by atoms with E-state index in [9.17, 15) is 4.79 Å². The second-order valence-corrected chi connectivity index (χ2v) is 7.68. The summed E-state index contributed by atoms with van der Waals surface area (Å²) in [6.07, 6.45) is 13.3. The maximum atomic E-state index is 12.7. The number of amides is 1. The Hall–Kier alpha value is -2.77. The first-order chi connectivity index (χ1) is 13.8. The van der Waals surface area contributed by atoms with Gasteiger partial charge in [0.25, 0.3) is 5.91 Å². The molecule has 0 radical (unpaired) electrons. The van der Waals surface area contributed by atoms with Crippen molar-refractivity contribution in [2.75, 3.05) is 11.9 Å². The lowest BCUT2D eigenvalue weighted by atomic mass is 10.0. The third kappa shape index (κ3) is 4.74. The summed E-state index contributed by atoms with van der Waals surface area (Å²) in [7, 11) is 0. The lowest BCUT2D eigenvalue weighted by Gasteiger charge is -2.19. The summed E-state index contributed by atoms with van der Waals surface area (Å²) in [5, 5.41) is 8.97. The van der Waals surface area contributed by atoms with Gasteiger partial charge < -0.3 is 9.88 Å². The molecule has 4 heterocycles. The van der Waals surface area contributed by atoms with Gasteiger partial charge in [-0.3, -0.25) is 15.1 Å². The second kappa shape index (κ2) is 8.95. The molecule has 3 aromatic heterocycles. The number of carbonyl (C=O) groups excluding carboxylic acids is 1. The standard InChI is InChI=1S/C21H23N5OS/c27-20(19-5-3-13-26(19)14-16-8-11-22-12-9-16)25-21-24-18(15-28-21)7-6-17-4-1-2-10-23-17/h3,5-9,11-13,15,17,23H,1-2,4,10,14H2,(H,24,25,27)/b7-6+/t17-/m1/s1. The van der Waals surface area contributed by atoms with E-state index in [-0.39, 0.29) is 5.91 Å². The molecule has 1 aliphatic heterocycles. The fourth-order valence-electron chi connectivity index (χ4n) is 3.28. The number of hydrogen-bond donors (Lipinski definition) is 2. The maximum Gasteiger partial charge on any atom is 0.274 e. The van der Waals surface area contributed by atoms with E-state index in [1.807, 2.05) is 46.5 Å². The molecule has 7 heteroatoms. The monoisotopic (exact) mass is 393 g/mol. The summed E-state index contributed by atoms with van der Waals surface area (Å²) in [4.78, 5) is 21.2. The lowest BCUT2D eigenvalue weighted by molar-refractivity contribution is 0.101. The van der Waals surface area contributed by atoms with Crippen LogP contribution in [0.25, 0.3) is 6.08 Å². The number of pyridine rings is 1. The molecule has 1 aliphatic rings. The van der Waals surface area contributed by atoms with Gasteiger partial charge in [0.15, 0.2) is 5.13 Å². The second-order valence-electron chi connectivity index (χ2n) is 6.82. The predicted octanol–water partition coefficient (Wildman–Crippen LogP) is 3.80. The van der Waals surface area contributed by atoms with Crippen LogP contribution in [0.15, 0.2) is 54.3 Å². The number of piperidine rings is 1. The quantitative estimate of drug-likeness (QED) is 0.668. The predicted molar refractivity (Wildman–Crippen MR) is 113 cm³/mol. The lowest BCUT2D eigenvalue weighted by Crippen LogP contribution is -2.31. The summed E-state index contributed by atoms with van der Waals surface area (Å²) < 4.78 is 1.92. The molecule has 0 unspecified atom stereocenters. The minimum Gasteiger partial charge on any atom is -0.339 e. The Kier molecular flexibility index (Phi) is 5.94. The first kappa shape index (κ1) is 18.6. The van der Waals surface area contributed by atoms with E-state index in [2.05, 4.69) is 26.7 Å². The molecule has 0 aromatic carbocycles. The summed E-state index contributed by atoms with van der Waals surface area (Å²) in [6.45, 7) is 1.70. The molecular weight excluding hydrogens is 370 g/mol. The zero-order valence-electron chi connectivity index (χ0n) is 15.5. The van der Waals surface area contributed by atoms with E-state index in [0.29, 0.717) is 23.4 Å². The molecule has 0 spiro atoms. The van der Waals surface area contributed by atoms with Gasteiger partial charge in [0.2, 0.25) is 0 Å². The number of nitrogens with one attached hydrogen (secondary N) is 2. The van der Waals surface area contributed by atoms with Crippen molar-refractivity contribution >= 4 is 28.5 Å². The van der Waals surface area contributed by atoms with Crippen LogP contribution in [0.1, 0.15) is 41.0 Å². The first-order valence-corrected chi connectivity index (χ1v) is 10.4. The SMILES string of the molecule is O=C(Nc1nc(/C=C/[C@H]2CCCCN2)cs1)c1cccn1Cc1ccncc1. The van der Waals surface area contributed by atoms with E-state index < -0.39 is 0 Å². The van der Waals surface area contributed by atoms with Gasteiger partial charge >= 0.3 is 0 Å². The number of anilines is 1.